The fourth-order valence-corrected chi connectivity index (χ4v) is 3.41. The van der Waals surface area contributed by atoms with Crippen LogP contribution in [0.4, 0.5) is 13.2 Å². The molecule has 1 heterocycles. The highest BCUT2D eigenvalue weighted by Gasteiger charge is 2.19. The van der Waals surface area contributed by atoms with E-state index < -0.39 is 23.4 Å². The number of carbonyl (C=O) groups is 1. The van der Waals surface area contributed by atoms with E-state index in [0.29, 0.717) is 21.9 Å². The van der Waals surface area contributed by atoms with Crippen LogP contribution in [0.15, 0.2) is 54.6 Å². The molecule has 0 unspecified atom stereocenters. The van der Waals surface area contributed by atoms with E-state index in [1.54, 1.807) is 34.9 Å². The summed E-state index contributed by atoms with van der Waals surface area (Å²) in [5, 5.41) is 1.04. The normalized spacial score (nSPS) is 11.3. The van der Waals surface area contributed by atoms with Gasteiger partial charge in [-0.25, -0.2) is 13.2 Å². The predicted octanol–water partition coefficient (Wildman–Crippen LogP) is 4.36. The van der Waals surface area contributed by atoms with E-state index >= 15 is 0 Å². The number of carbonyl (C=O) groups excluding carboxylic acids is 1. The minimum Gasteiger partial charge on any atom is -0.366 e. The number of rotatable bonds is 3. The molecule has 3 aromatic carbocycles. The van der Waals surface area contributed by atoms with Crippen molar-refractivity contribution >= 4 is 27.7 Å². The maximum atomic E-state index is 14.6. The lowest BCUT2D eigenvalue weighted by Crippen LogP contribution is -2.11. The van der Waals surface area contributed by atoms with Gasteiger partial charge in [0.2, 0.25) is 5.91 Å². The molecule has 130 valence electrons. The second-order valence-corrected chi connectivity index (χ2v) is 6.06. The third-order valence-electron chi connectivity index (χ3n) is 4.39. The second kappa shape index (κ2) is 5.91. The molecule has 1 aromatic heterocycles. The number of nitrogens with zero attached hydrogens (tertiary/aromatic N) is 1. The molecule has 1 amide bonds. The molecule has 0 aliphatic rings. The van der Waals surface area contributed by atoms with Crippen molar-refractivity contribution in [2.24, 2.45) is 5.73 Å². The number of fused-ring (bicyclic) bond motifs is 3. The van der Waals surface area contributed by atoms with Gasteiger partial charge in [-0.05, 0) is 35.9 Å². The van der Waals surface area contributed by atoms with Crippen LogP contribution in [0.3, 0.4) is 0 Å². The van der Waals surface area contributed by atoms with Gasteiger partial charge in [-0.15, -0.1) is 0 Å². The lowest BCUT2D eigenvalue weighted by molar-refractivity contribution is 0.100. The van der Waals surface area contributed by atoms with Crippen molar-refractivity contribution in [3.63, 3.8) is 0 Å². The Hall–Kier alpha value is -3.28. The average molecular weight is 354 g/mol. The molecular weight excluding hydrogens is 341 g/mol. The van der Waals surface area contributed by atoms with Crippen molar-refractivity contribution in [2.75, 3.05) is 0 Å². The van der Waals surface area contributed by atoms with Crippen molar-refractivity contribution in [3.8, 4) is 0 Å². The van der Waals surface area contributed by atoms with Crippen LogP contribution in [0.25, 0.3) is 21.8 Å². The number of nitrogens with two attached hydrogens (primary N) is 1. The molecule has 0 saturated carbocycles. The van der Waals surface area contributed by atoms with Crippen LogP contribution in [0.2, 0.25) is 0 Å². The van der Waals surface area contributed by atoms with E-state index in [0.717, 1.165) is 6.07 Å². The number of primary amides is 1. The Morgan fingerprint density at radius 3 is 2.35 bits per heavy atom. The van der Waals surface area contributed by atoms with Crippen molar-refractivity contribution in [2.45, 2.75) is 6.54 Å². The minimum absolute atomic E-state index is 0.0395. The van der Waals surface area contributed by atoms with Crippen LogP contribution < -0.4 is 5.73 Å². The van der Waals surface area contributed by atoms with Gasteiger partial charge in [0, 0.05) is 28.9 Å². The number of amides is 1. The Labute approximate surface area is 146 Å². The number of para-hydroxylation sites is 1. The van der Waals surface area contributed by atoms with Crippen molar-refractivity contribution in [1.29, 1.82) is 0 Å². The Morgan fingerprint density at radius 1 is 0.962 bits per heavy atom. The van der Waals surface area contributed by atoms with E-state index in [1.807, 2.05) is 0 Å². The van der Waals surface area contributed by atoms with Crippen LogP contribution in [0.1, 0.15) is 15.9 Å². The Morgan fingerprint density at radius 2 is 1.65 bits per heavy atom. The van der Waals surface area contributed by atoms with Gasteiger partial charge < -0.3 is 10.3 Å². The number of benzene rings is 3. The highest BCUT2D eigenvalue weighted by molar-refractivity contribution is 6.17. The third kappa shape index (κ3) is 2.50. The summed E-state index contributed by atoms with van der Waals surface area (Å²) in [5.74, 6) is -2.54. The van der Waals surface area contributed by atoms with Crippen molar-refractivity contribution < 1.29 is 18.0 Å². The molecule has 4 rings (SSSR count). The standard InChI is InChI=1S/C20H13F3N2O/c21-12-7-11(8-13(22)9-12)10-25-17-6-2-4-15(20(24)26)18(17)14-3-1-5-16(23)19(14)25/h1-9H,10H2,(H2,24,26). The molecule has 0 aliphatic carbocycles. The first kappa shape index (κ1) is 16.2. The summed E-state index contributed by atoms with van der Waals surface area (Å²) in [4.78, 5) is 11.8. The van der Waals surface area contributed by atoms with Crippen LogP contribution in [-0.4, -0.2) is 10.5 Å². The highest BCUT2D eigenvalue weighted by atomic mass is 19.1. The summed E-state index contributed by atoms with van der Waals surface area (Å²) in [6.45, 7) is 0.0395. The van der Waals surface area contributed by atoms with Gasteiger partial charge in [-0.3, -0.25) is 4.79 Å². The summed E-state index contributed by atoms with van der Waals surface area (Å²) in [6, 6.07) is 12.6. The molecule has 0 aliphatic heterocycles. The summed E-state index contributed by atoms with van der Waals surface area (Å²) >= 11 is 0. The first-order chi connectivity index (χ1) is 12.5. The average Bonchev–Trinajstić information content (AvgIpc) is 2.89. The van der Waals surface area contributed by atoms with Gasteiger partial charge in [0.05, 0.1) is 11.0 Å². The fourth-order valence-electron chi connectivity index (χ4n) is 3.41. The second-order valence-electron chi connectivity index (χ2n) is 6.06. The van der Waals surface area contributed by atoms with Crippen LogP contribution in [-0.2, 0) is 6.54 Å². The molecule has 0 atom stereocenters. The number of aromatic nitrogens is 1. The quantitative estimate of drug-likeness (QED) is 0.584. The van der Waals surface area contributed by atoms with Gasteiger partial charge in [-0.2, -0.15) is 0 Å². The Bertz CT molecular complexity index is 1160. The highest BCUT2D eigenvalue weighted by Crippen LogP contribution is 2.33. The SMILES string of the molecule is NC(=O)c1cccc2c1c1cccc(F)c1n2Cc1cc(F)cc(F)c1. The molecule has 2 N–H and O–H groups in total. The molecule has 0 radical (unpaired) electrons. The van der Waals surface area contributed by atoms with E-state index in [-0.39, 0.29) is 17.6 Å². The minimum atomic E-state index is -0.709. The first-order valence-electron chi connectivity index (χ1n) is 7.90. The van der Waals surface area contributed by atoms with Gasteiger partial charge in [0.25, 0.3) is 0 Å². The smallest absolute Gasteiger partial charge is 0.249 e. The maximum Gasteiger partial charge on any atom is 0.249 e. The summed E-state index contributed by atoms with van der Waals surface area (Å²) in [5.41, 5.74) is 6.89. The zero-order chi connectivity index (χ0) is 18.4. The monoisotopic (exact) mass is 354 g/mol. The van der Waals surface area contributed by atoms with Crippen LogP contribution >= 0.6 is 0 Å². The topological polar surface area (TPSA) is 48.0 Å². The van der Waals surface area contributed by atoms with Crippen molar-refractivity contribution in [3.05, 3.63) is 83.2 Å². The zero-order valence-electron chi connectivity index (χ0n) is 13.5. The summed E-state index contributed by atoms with van der Waals surface area (Å²) in [7, 11) is 0. The molecule has 3 nitrogen and oxygen atoms in total. The maximum absolute atomic E-state index is 14.6. The fraction of sp³-hybridized carbons (Fsp3) is 0.0500. The zero-order valence-corrected chi connectivity index (χ0v) is 13.5. The largest absolute Gasteiger partial charge is 0.366 e. The lowest BCUT2D eigenvalue weighted by Gasteiger charge is -2.09. The summed E-state index contributed by atoms with van der Waals surface area (Å²) in [6.07, 6.45) is 0. The molecule has 0 bridgehead atoms. The Balaban J connectivity index is 2.07. The number of hydrogen-bond donors (Lipinski definition) is 1. The molecule has 0 spiro atoms. The van der Waals surface area contributed by atoms with Gasteiger partial charge in [-0.1, -0.05) is 18.2 Å². The van der Waals surface area contributed by atoms with Crippen molar-refractivity contribution in [1.82, 2.24) is 4.57 Å². The molecule has 4 aromatic rings. The van der Waals surface area contributed by atoms with Crippen LogP contribution in [0, 0.1) is 17.5 Å². The van der Waals surface area contributed by atoms with E-state index in [1.165, 1.54) is 18.2 Å². The van der Waals surface area contributed by atoms with E-state index in [4.69, 9.17) is 5.73 Å². The number of halogens is 3. The molecule has 0 saturated heterocycles. The van der Waals surface area contributed by atoms with Gasteiger partial charge in [0.1, 0.15) is 17.5 Å². The molecular formula is C20H13F3N2O. The molecule has 6 heteroatoms. The first-order valence-corrected chi connectivity index (χ1v) is 7.90. The third-order valence-corrected chi connectivity index (χ3v) is 4.39. The van der Waals surface area contributed by atoms with E-state index in [9.17, 15) is 18.0 Å². The predicted molar refractivity (Wildman–Crippen MR) is 93.4 cm³/mol. The van der Waals surface area contributed by atoms with Gasteiger partial charge in [0.15, 0.2) is 0 Å². The van der Waals surface area contributed by atoms with Crippen LogP contribution in [0.5, 0.6) is 0 Å². The van der Waals surface area contributed by atoms with E-state index in [2.05, 4.69) is 0 Å². The van der Waals surface area contributed by atoms with Gasteiger partial charge >= 0.3 is 0 Å². The Kier molecular flexibility index (Phi) is 3.68. The molecule has 26 heavy (non-hydrogen) atoms. The summed E-state index contributed by atoms with van der Waals surface area (Å²) < 4.78 is 43.3. The molecule has 0 fully saturated rings. The number of hydrogen-bond acceptors (Lipinski definition) is 1. The lowest BCUT2D eigenvalue weighted by atomic mass is 10.1.